The summed E-state index contributed by atoms with van der Waals surface area (Å²) in [5.74, 6) is -1.39. The van der Waals surface area contributed by atoms with Crippen LogP contribution in [0.2, 0.25) is 0 Å². The molecule has 8 aliphatic carbocycles. The predicted octanol–water partition coefficient (Wildman–Crippen LogP) is 5.89. The Kier molecular flexibility index (Phi) is 8.00. The lowest BCUT2D eigenvalue weighted by atomic mass is 9.21. The van der Waals surface area contributed by atoms with Crippen molar-refractivity contribution in [3.8, 4) is 0 Å². The zero-order valence-corrected chi connectivity index (χ0v) is 32.9. The van der Waals surface area contributed by atoms with Crippen LogP contribution in [0.15, 0.2) is 36.0 Å². The summed E-state index contributed by atoms with van der Waals surface area (Å²) >= 11 is 0. The molecular formula is C44H62O10. The molecule has 9 aliphatic rings. The van der Waals surface area contributed by atoms with E-state index in [0.717, 1.165) is 57.8 Å². The van der Waals surface area contributed by atoms with Crippen LogP contribution in [-0.2, 0) is 23.8 Å². The number of aliphatic carboxylic acids is 2. The molecule has 5 saturated carbocycles. The molecule has 9 rings (SSSR count). The van der Waals surface area contributed by atoms with Gasteiger partial charge in [0.2, 0.25) is 0 Å². The number of aliphatic hydroxyl groups is 3. The average molecular weight is 751 g/mol. The van der Waals surface area contributed by atoms with Gasteiger partial charge in [-0.15, -0.1) is 0 Å². The second-order valence-corrected chi connectivity index (χ2v) is 20.8. The SMILES string of the molecule is COCC1CC2(C)CC=CC3(C2)C2=CC4CCC5CC(OC6OC(C(=O)O)C(O)C(O)C6O)C(C)(C)C6CCC7(C)C2(CC=CC47C56C)CCC13C(=O)O. The molecule has 1 aliphatic heterocycles. The number of rotatable bonds is 6. The van der Waals surface area contributed by atoms with Crippen molar-refractivity contribution >= 4 is 11.9 Å². The number of ether oxygens (including phenoxy) is 3. The van der Waals surface area contributed by atoms with Crippen molar-refractivity contribution in [1.29, 1.82) is 0 Å². The van der Waals surface area contributed by atoms with Crippen LogP contribution in [0.1, 0.15) is 105 Å². The molecule has 3 spiro atoms. The zero-order valence-electron chi connectivity index (χ0n) is 32.9. The number of allylic oxidation sites excluding steroid dienone is 6. The quantitative estimate of drug-likeness (QED) is 0.164. The number of hydrogen-bond donors (Lipinski definition) is 5. The molecule has 17 atom stereocenters. The summed E-state index contributed by atoms with van der Waals surface area (Å²) < 4.78 is 18.2. The summed E-state index contributed by atoms with van der Waals surface area (Å²) in [4.78, 5) is 26.0. The summed E-state index contributed by atoms with van der Waals surface area (Å²) in [6.45, 7) is 12.5. The Morgan fingerprint density at radius 1 is 0.907 bits per heavy atom. The smallest absolute Gasteiger partial charge is 0.335 e. The number of carbonyl (C=O) groups is 2. The van der Waals surface area contributed by atoms with Gasteiger partial charge < -0.3 is 39.7 Å². The third-order valence-electron chi connectivity index (χ3n) is 19.0. The molecule has 6 fully saturated rings. The molecule has 10 nitrogen and oxygen atoms in total. The van der Waals surface area contributed by atoms with Gasteiger partial charge in [0.25, 0.3) is 0 Å². The van der Waals surface area contributed by atoms with Gasteiger partial charge in [0.15, 0.2) is 12.4 Å². The standard InChI is InChI=1S/C44H62O10/c1-37(2)27-11-16-39(4)41-13-8-15-44(39)25(10-9-24(40(27,44)5)20-29(37)53-35-32(47)30(45)31(46)33(54-35)34(48)49)19-28(41)42-14-7-12-38(3,23-42)21-26(22-52-6)43(42,18-17-41)36(50)51/h7-8,14-15,19,24-27,29-33,35,45-47H,9-13,16-18,20-23H2,1-6H3,(H,48,49)(H,50,51). The van der Waals surface area contributed by atoms with E-state index in [4.69, 9.17) is 14.2 Å². The Labute approximate surface area is 319 Å². The van der Waals surface area contributed by atoms with Crippen molar-refractivity contribution in [2.75, 3.05) is 13.7 Å². The van der Waals surface area contributed by atoms with E-state index in [2.05, 4.69) is 65.0 Å². The molecular weight excluding hydrogens is 688 g/mol. The molecule has 0 aromatic rings. The van der Waals surface area contributed by atoms with Crippen molar-refractivity contribution in [3.63, 3.8) is 0 Å². The Balaban J connectivity index is 1.16. The fourth-order valence-corrected chi connectivity index (χ4v) is 17.0. The monoisotopic (exact) mass is 750 g/mol. The van der Waals surface area contributed by atoms with E-state index in [0.29, 0.717) is 19.4 Å². The van der Waals surface area contributed by atoms with Crippen molar-refractivity contribution in [2.45, 2.75) is 142 Å². The number of methoxy groups -OCH3 is 1. The summed E-state index contributed by atoms with van der Waals surface area (Å²) in [7, 11) is 1.72. The van der Waals surface area contributed by atoms with Crippen molar-refractivity contribution in [1.82, 2.24) is 0 Å². The van der Waals surface area contributed by atoms with Gasteiger partial charge in [-0.05, 0) is 110 Å². The lowest BCUT2D eigenvalue weighted by molar-refractivity contribution is -0.342. The molecule has 4 bridgehead atoms. The highest BCUT2D eigenvalue weighted by atomic mass is 16.7. The lowest BCUT2D eigenvalue weighted by Crippen LogP contribution is -2.77. The van der Waals surface area contributed by atoms with Crippen LogP contribution in [-0.4, -0.2) is 88.0 Å². The number of fused-ring (bicyclic) bond motifs is 1. The van der Waals surface area contributed by atoms with E-state index in [1.54, 1.807) is 7.11 Å². The van der Waals surface area contributed by atoms with Gasteiger partial charge in [0, 0.05) is 29.3 Å². The number of carboxylic acids is 2. The third kappa shape index (κ3) is 4.04. The molecule has 17 unspecified atom stereocenters. The molecule has 298 valence electrons. The minimum Gasteiger partial charge on any atom is -0.481 e. The van der Waals surface area contributed by atoms with Crippen molar-refractivity contribution in [2.24, 2.45) is 67.0 Å². The summed E-state index contributed by atoms with van der Waals surface area (Å²) in [5, 5.41) is 53.2. The van der Waals surface area contributed by atoms with E-state index in [1.165, 1.54) is 5.57 Å². The molecule has 1 heterocycles. The summed E-state index contributed by atoms with van der Waals surface area (Å²) in [5.41, 5.74) is -1.02. The van der Waals surface area contributed by atoms with Gasteiger partial charge in [0.1, 0.15) is 18.3 Å². The molecule has 54 heavy (non-hydrogen) atoms. The molecule has 0 aromatic carbocycles. The van der Waals surface area contributed by atoms with Crippen LogP contribution in [0.4, 0.5) is 0 Å². The predicted molar refractivity (Wildman–Crippen MR) is 198 cm³/mol. The van der Waals surface area contributed by atoms with E-state index in [-0.39, 0.29) is 56.9 Å². The first kappa shape index (κ1) is 37.5. The first-order valence-corrected chi connectivity index (χ1v) is 20.7. The Hall–Kier alpha value is -2.08. The van der Waals surface area contributed by atoms with Crippen LogP contribution < -0.4 is 0 Å². The Bertz CT molecular complexity index is 1720. The summed E-state index contributed by atoms with van der Waals surface area (Å²) in [6.07, 6.45) is 13.7. The molecule has 0 aromatic heterocycles. The van der Waals surface area contributed by atoms with Crippen LogP contribution in [0.5, 0.6) is 0 Å². The van der Waals surface area contributed by atoms with Gasteiger partial charge in [-0.1, -0.05) is 70.6 Å². The van der Waals surface area contributed by atoms with Gasteiger partial charge >= 0.3 is 11.9 Å². The highest BCUT2D eigenvalue weighted by molar-refractivity contribution is 5.80. The van der Waals surface area contributed by atoms with Gasteiger partial charge in [-0.3, -0.25) is 4.79 Å². The minimum atomic E-state index is -1.77. The average Bonchev–Trinajstić information content (AvgIpc) is 3.08. The number of aliphatic hydroxyl groups excluding tert-OH is 3. The van der Waals surface area contributed by atoms with Crippen LogP contribution in [0.3, 0.4) is 0 Å². The fraction of sp³-hybridized carbons (Fsp3) is 0.818. The van der Waals surface area contributed by atoms with Gasteiger partial charge in [-0.2, -0.15) is 0 Å². The fourth-order valence-electron chi connectivity index (χ4n) is 17.0. The first-order valence-electron chi connectivity index (χ1n) is 20.7. The maximum atomic E-state index is 14.0. The van der Waals surface area contributed by atoms with E-state index < -0.39 is 58.9 Å². The highest BCUT2D eigenvalue weighted by Gasteiger charge is 2.82. The van der Waals surface area contributed by atoms with Crippen LogP contribution >= 0.6 is 0 Å². The van der Waals surface area contributed by atoms with Crippen molar-refractivity contribution < 1.29 is 49.3 Å². The van der Waals surface area contributed by atoms with Gasteiger partial charge in [0.05, 0.1) is 18.1 Å². The Morgan fingerprint density at radius 2 is 1.65 bits per heavy atom. The first-order chi connectivity index (χ1) is 25.4. The van der Waals surface area contributed by atoms with E-state index in [9.17, 15) is 35.1 Å². The zero-order chi connectivity index (χ0) is 38.6. The lowest BCUT2D eigenvalue weighted by Gasteiger charge is -2.82. The maximum absolute atomic E-state index is 14.0. The third-order valence-corrected chi connectivity index (χ3v) is 19.0. The molecule has 1 saturated heterocycles. The Morgan fingerprint density at radius 3 is 2.35 bits per heavy atom. The number of hydrogen-bond acceptors (Lipinski definition) is 8. The highest BCUT2D eigenvalue weighted by Crippen LogP contribution is 2.88. The second kappa shape index (κ2) is 11.5. The largest absolute Gasteiger partial charge is 0.481 e. The second-order valence-electron chi connectivity index (χ2n) is 20.8. The minimum absolute atomic E-state index is 0.00809. The van der Waals surface area contributed by atoms with E-state index in [1.807, 2.05) is 0 Å². The molecule has 0 radical (unpaired) electrons. The van der Waals surface area contributed by atoms with Gasteiger partial charge in [-0.25, -0.2) is 4.79 Å². The normalized spacial score (nSPS) is 56.1. The molecule has 0 amide bonds. The summed E-state index contributed by atoms with van der Waals surface area (Å²) in [6, 6.07) is 0. The maximum Gasteiger partial charge on any atom is 0.335 e. The van der Waals surface area contributed by atoms with Crippen molar-refractivity contribution in [3.05, 3.63) is 36.0 Å². The van der Waals surface area contributed by atoms with E-state index >= 15 is 0 Å². The molecule has 10 heteroatoms. The number of carboxylic acid groups (broad SMARTS) is 2. The topological polar surface area (TPSA) is 163 Å². The van der Waals surface area contributed by atoms with Crippen LogP contribution in [0, 0.1) is 67.0 Å². The van der Waals surface area contributed by atoms with Crippen LogP contribution in [0.25, 0.3) is 0 Å². The molecule has 5 N–H and O–H groups in total.